The maximum absolute atomic E-state index is 4.73. The second-order valence-corrected chi connectivity index (χ2v) is 5.94. The summed E-state index contributed by atoms with van der Waals surface area (Å²) >= 11 is 0. The Hall–Kier alpha value is -3.47. The van der Waals surface area contributed by atoms with E-state index in [0.717, 1.165) is 41.1 Å². The van der Waals surface area contributed by atoms with E-state index in [1.54, 1.807) is 12.4 Å². The first-order valence-corrected chi connectivity index (χ1v) is 8.56. The molecule has 128 valence electrons. The van der Waals surface area contributed by atoms with Gasteiger partial charge in [0, 0.05) is 24.5 Å². The molecule has 0 unspecified atom stereocenters. The van der Waals surface area contributed by atoms with Gasteiger partial charge in [0.1, 0.15) is 5.82 Å². The summed E-state index contributed by atoms with van der Waals surface area (Å²) in [6.45, 7) is 4.57. The van der Waals surface area contributed by atoms with Crippen molar-refractivity contribution in [3.05, 3.63) is 79.6 Å². The van der Waals surface area contributed by atoms with Crippen LogP contribution in [0, 0.1) is 0 Å². The second kappa shape index (κ2) is 7.19. The van der Waals surface area contributed by atoms with Gasteiger partial charge in [-0.15, -0.1) is 11.7 Å². The molecule has 0 bridgehead atoms. The van der Waals surface area contributed by atoms with Crippen molar-refractivity contribution in [2.75, 3.05) is 11.9 Å². The number of nitrogens with zero attached hydrogens (tertiary/aromatic N) is 4. The molecule has 1 N–H and O–H groups in total. The van der Waals surface area contributed by atoms with Crippen LogP contribution in [0.2, 0.25) is 0 Å². The Kier molecular flexibility index (Phi) is 4.43. The molecule has 1 aromatic carbocycles. The third kappa shape index (κ3) is 3.19. The van der Waals surface area contributed by atoms with E-state index in [4.69, 9.17) is 10.1 Å². The van der Waals surface area contributed by atoms with Crippen LogP contribution < -0.4 is 5.32 Å². The highest BCUT2D eigenvalue weighted by molar-refractivity contribution is 5.72. The Labute approximate surface area is 152 Å². The number of fused-ring (bicyclic) bond motifs is 1. The molecule has 0 fully saturated rings. The van der Waals surface area contributed by atoms with Gasteiger partial charge in [0.25, 0.3) is 0 Å². The summed E-state index contributed by atoms with van der Waals surface area (Å²) in [6, 6.07) is 18.1. The predicted octanol–water partition coefficient (Wildman–Crippen LogP) is 4.45. The summed E-state index contributed by atoms with van der Waals surface area (Å²) in [5.74, 6) is 1.62. The Morgan fingerprint density at radius 3 is 2.54 bits per heavy atom. The molecule has 0 saturated heterocycles. The van der Waals surface area contributed by atoms with Gasteiger partial charge in [-0.05, 0) is 41.8 Å². The molecule has 0 spiro atoms. The number of aromatic nitrogens is 4. The average Bonchev–Trinajstić information content (AvgIpc) is 3.14. The monoisotopic (exact) mass is 341 g/mol. The molecule has 0 saturated carbocycles. The van der Waals surface area contributed by atoms with E-state index in [0.29, 0.717) is 5.82 Å². The van der Waals surface area contributed by atoms with E-state index in [2.05, 4.69) is 22.9 Å². The number of nitrogens with one attached hydrogen (secondary N) is 1. The van der Waals surface area contributed by atoms with Crippen LogP contribution in [0.25, 0.3) is 28.2 Å². The standard InChI is InChI=1S/C21H19N5/c1-2-3-11-23-19-14-18(16-9-12-22-13-10-16)15-20-24-21(25-26(19)20)17-7-5-4-6-8-17/h2,4-10,12-15,23H,1,3,11H2. The maximum Gasteiger partial charge on any atom is 0.182 e. The van der Waals surface area contributed by atoms with Gasteiger partial charge in [-0.2, -0.15) is 4.52 Å². The number of hydrogen-bond donors (Lipinski definition) is 1. The zero-order valence-corrected chi connectivity index (χ0v) is 14.3. The lowest BCUT2D eigenvalue weighted by Gasteiger charge is -2.09. The van der Waals surface area contributed by atoms with Crippen molar-refractivity contribution in [1.82, 2.24) is 19.6 Å². The third-order valence-electron chi connectivity index (χ3n) is 4.14. The Morgan fingerprint density at radius 1 is 0.962 bits per heavy atom. The minimum absolute atomic E-state index is 0.712. The highest BCUT2D eigenvalue weighted by Crippen LogP contribution is 2.26. The molecule has 4 rings (SSSR count). The number of hydrogen-bond acceptors (Lipinski definition) is 4. The van der Waals surface area contributed by atoms with Crippen molar-refractivity contribution >= 4 is 11.5 Å². The van der Waals surface area contributed by atoms with Crippen LogP contribution in [0.1, 0.15) is 6.42 Å². The zero-order valence-electron chi connectivity index (χ0n) is 14.3. The van der Waals surface area contributed by atoms with Crippen molar-refractivity contribution in [3.8, 4) is 22.5 Å². The van der Waals surface area contributed by atoms with Crippen LogP contribution >= 0.6 is 0 Å². The Morgan fingerprint density at radius 2 is 1.77 bits per heavy atom. The highest BCUT2D eigenvalue weighted by atomic mass is 15.3. The van der Waals surface area contributed by atoms with Gasteiger partial charge in [0.15, 0.2) is 11.5 Å². The fourth-order valence-corrected chi connectivity index (χ4v) is 2.83. The quantitative estimate of drug-likeness (QED) is 0.416. The third-order valence-corrected chi connectivity index (χ3v) is 4.14. The van der Waals surface area contributed by atoms with E-state index in [-0.39, 0.29) is 0 Å². The van der Waals surface area contributed by atoms with Crippen LogP contribution in [-0.2, 0) is 0 Å². The van der Waals surface area contributed by atoms with Gasteiger partial charge in [0.2, 0.25) is 0 Å². The fourth-order valence-electron chi connectivity index (χ4n) is 2.83. The minimum Gasteiger partial charge on any atom is -0.370 e. The topological polar surface area (TPSA) is 55.1 Å². The molecular formula is C21H19N5. The van der Waals surface area contributed by atoms with Crippen LogP contribution in [0.3, 0.4) is 0 Å². The largest absolute Gasteiger partial charge is 0.370 e. The van der Waals surface area contributed by atoms with E-state index in [9.17, 15) is 0 Å². The average molecular weight is 341 g/mol. The molecule has 0 aliphatic rings. The lowest BCUT2D eigenvalue weighted by molar-refractivity contribution is 0.941. The zero-order chi connectivity index (χ0) is 17.8. The predicted molar refractivity (Wildman–Crippen MR) is 105 cm³/mol. The van der Waals surface area contributed by atoms with Crippen molar-refractivity contribution in [1.29, 1.82) is 0 Å². The normalized spacial score (nSPS) is 10.8. The van der Waals surface area contributed by atoms with E-state index in [1.165, 1.54) is 0 Å². The first-order valence-electron chi connectivity index (χ1n) is 8.56. The van der Waals surface area contributed by atoms with Gasteiger partial charge in [0.05, 0.1) is 0 Å². The smallest absolute Gasteiger partial charge is 0.182 e. The summed E-state index contributed by atoms with van der Waals surface area (Å²) in [5.41, 5.74) is 3.98. The van der Waals surface area contributed by atoms with Gasteiger partial charge >= 0.3 is 0 Å². The first-order chi connectivity index (χ1) is 12.8. The summed E-state index contributed by atoms with van der Waals surface area (Å²) in [7, 11) is 0. The lowest BCUT2D eigenvalue weighted by atomic mass is 10.1. The van der Waals surface area contributed by atoms with E-state index >= 15 is 0 Å². The fraction of sp³-hybridized carbons (Fsp3) is 0.0952. The molecule has 0 atom stereocenters. The molecular weight excluding hydrogens is 322 g/mol. The molecule has 26 heavy (non-hydrogen) atoms. The van der Waals surface area contributed by atoms with Crippen molar-refractivity contribution in [3.63, 3.8) is 0 Å². The molecule has 3 aromatic heterocycles. The van der Waals surface area contributed by atoms with Gasteiger partial charge in [-0.3, -0.25) is 4.98 Å². The molecule has 5 nitrogen and oxygen atoms in total. The number of rotatable bonds is 6. The maximum atomic E-state index is 4.73. The van der Waals surface area contributed by atoms with E-state index in [1.807, 2.05) is 59.1 Å². The van der Waals surface area contributed by atoms with Crippen molar-refractivity contribution in [2.45, 2.75) is 6.42 Å². The second-order valence-electron chi connectivity index (χ2n) is 5.94. The SMILES string of the molecule is C=CCCNc1cc(-c2ccncc2)cc2nc(-c3ccccc3)nn12. The number of benzene rings is 1. The molecule has 0 aliphatic carbocycles. The van der Waals surface area contributed by atoms with Gasteiger partial charge in [-0.1, -0.05) is 36.4 Å². The first kappa shape index (κ1) is 16.0. The van der Waals surface area contributed by atoms with Crippen LogP contribution in [0.5, 0.6) is 0 Å². The lowest BCUT2D eigenvalue weighted by Crippen LogP contribution is -2.06. The molecule has 3 heterocycles. The molecule has 5 heteroatoms. The molecule has 0 amide bonds. The summed E-state index contributed by atoms with van der Waals surface area (Å²) in [5, 5.41) is 8.14. The van der Waals surface area contributed by atoms with Crippen LogP contribution in [0.4, 0.5) is 5.82 Å². The van der Waals surface area contributed by atoms with Crippen LogP contribution in [0.15, 0.2) is 79.6 Å². The summed E-state index contributed by atoms with van der Waals surface area (Å²) < 4.78 is 1.86. The van der Waals surface area contributed by atoms with Crippen molar-refractivity contribution in [2.24, 2.45) is 0 Å². The van der Waals surface area contributed by atoms with Crippen molar-refractivity contribution < 1.29 is 0 Å². The molecule has 0 radical (unpaired) electrons. The Balaban J connectivity index is 1.83. The van der Waals surface area contributed by atoms with Gasteiger partial charge < -0.3 is 5.32 Å². The Bertz CT molecular complexity index is 1020. The highest BCUT2D eigenvalue weighted by Gasteiger charge is 2.11. The number of pyridine rings is 2. The van der Waals surface area contributed by atoms with E-state index < -0.39 is 0 Å². The molecule has 4 aromatic rings. The summed E-state index contributed by atoms with van der Waals surface area (Å²) in [4.78, 5) is 8.83. The number of anilines is 1. The van der Waals surface area contributed by atoms with Gasteiger partial charge in [-0.25, -0.2) is 4.98 Å². The molecule has 0 aliphatic heterocycles. The van der Waals surface area contributed by atoms with Crippen LogP contribution in [-0.4, -0.2) is 26.1 Å². The minimum atomic E-state index is 0.712. The summed E-state index contributed by atoms with van der Waals surface area (Å²) in [6.07, 6.45) is 6.36.